The molecule has 1 aliphatic rings. The summed E-state index contributed by atoms with van der Waals surface area (Å²) >= 11 is 1.45. The lowest BCUT2D eigenvalue weighted by Gasteiger charge is -2.30. The van der Waals surface area contributed by atoms with Gasteiger partial charge in [0.05, 0.1) is 18.8 Å². The maximum absolute atomic E-state index is 12.6. The SMILES string of the molecule is CCOC(=O)c1c(NC(=O)COc2ccc(OCC)cc2)sc2c1CCN(C(C)C)C2. The van der Waals surface area contributed by atoms with Crippen molar-refractivity contribution in [3.63, 3.8) is 0 Å². The number of amides is 1. The Kier molecular flexibility index (Phi) is 7.92. The van der Waals surface area contributed by atoms with Crippen molar-refractivity contribution in [2.24, 2.45) is 0 Å². The molecule has 0 saturated heterocycles. The molecule has 0 radical (unpaired) electrons. The minimum Gasteiger partial charge on any atom is -0.494 e. The molecule has 1 aromatic heterocycles. The van der Waals surface area contributed by atoms with Crippen LogP contribution in [0, 0.1) is 0 Å². The third kappa shape index (κ3) is 5.77. The number of benzene rings is 1. The lowest BCUT2D eigenvalue weighted by Crippen LogP contribution is -2.35. The second-order valence-corrected chi connectivity index (χ2v) is 8.59. The number of thiophene rings is 1. The minimum atomic E-state index is -0.388. The van der Waals surface area contributed by atoms with Crippen LogP contribution in [0.5, 0.6) is 11.5 Å². The number of fused-ring (bicyclic) bond motifs is 1. The fourth-order valence-corrected chi connectivity index (χ4v) is 4.76. The number of nitrogens with one attached hydrogen (secondary N) is 1. The van der Waals surface area contributed by atoms with Gasteiger partial charge in [-0.05, 0) is 63.9 Å². The van der Waals surface area contributed by atoms with Gasteiger partial charge in [-0.25, -0.2) is 4.79 Å². The van der Waals surface area contributed by atoms with Crippen LogP contribution in [-0.2, 0) is 22.5 Å². The van der Waals surface area contributed by atoms with Crippen LogP contribution in [0.3, 0.4) is 0 Å². The zero-order chi connectivity index (χ0) is 22.4. The largest absolute Gasteiger partial charge is 0.494 e. The highest BCUT2D eigenvalue weighted by atomic mass is 32.1. The van der Waals surface area contributed by atoms with Crippen molar-refractivity contribution in [3.8, 4) is 11.5 Å². The summed E-state index contributed by atoms with van der Waals surface area (Å²) in [5.41, 5.74) is 1.47. The van der Waals surface area contributed by atoms with Crippen LogP contribution < -0.4 is 14.8 Å². The van der Waals surface area contributed by atoms with E-state index in [0.29, 0.717) is 29.0 Å². The summed E-state index contributed by atoms with van der Waals surface area (Å²) in [6.45, 7) is 10.4. The van der Waals surface area contributed by atoms with E-state index in [2.05, 4.69) is 24.1 Å². The molecule has 31 heavy (non-hydrogen) atoms. The van der Waals surface area contributed by atoms with Crippen LogP contribution in [0.2, 0.25) is 0 Å². The van der Waals surface area contributed by atoms with Crippen molar-refractivity contribution < 1.29 is 23.8 Å². The van der Waals surface area contributed by atoms with Crippen LogP contribution in [0.25, 0.3) is 0 Å². The average Bonchev–Trinajstić information content (AvgIpc) is 3.10. The van der Waals surface area contributed by atoms with Crippen LogP contribution in [0.15, 0.2) is 24.3 Å². The second-order valence-electron chi connectivity index (χ2n) is 7.48. The van der Waals surface area contributed by atoms with Crippen LogP contribution in [0.4, 0.5) is 5.00 Å². The third-order valence-corrected chi connectivity index (χ3v) is 6.19. The number of hydrogen-bond donors (Lipinski definition) is 1. The molecule has 2 heterocycles. The molecule has 7 nitrogen and oxygen atoms in total. The fraction of sp³-hybridized carbons (Fsp3) is 0.478. The summed E-state index contributed by atoms with van der Waals surface area (Å²) in [5, 5.41) is 3.40. The number of esters is 1. The smallest absolute Gasteiger partial charge is 0.341 e. The molecule has 0 bridgehead atoms. The van der Waals surface area contributed by atoms with Gasteiger partial charge in [0.25, 0.3) is 5.91 Å². The number of carbonyl (C=O) groups excluding carboxylic acids is 2. The van der Waals surface area contributed by atoms with Gasteiger partial charge >= 0.3 is 5.97 Å². The highest BCUT2D eigenvalue weighted by Gasteiger charge is 2.30. The standard InChI is InChI=1S/C23H30N2O5S/c1-5-28-16-7-9-17(10-8-16)30-14-20(26)24-22-21(23(27)29-6-2)18-11-12-25(15(3)4)13-19(18)31-22/h7-10,15H,5-6,11-14H2,1-4H3,(H,24,26). The Balaban J connectivity index is 1.70. The van der Waals surface area contributed by atoms with Crippen molar-refractivity contribution in [1.82, 2.24) is 4.90 Å². The van der Waals surface area contributed by atoms with E-state index < -0.39 is 0 Å². The molecule has 0 atom stereocenters. The molecule has 168 valence electrons. The Labute approximate surface area is 187 Å². The molecule has 3 rings (SSSR count). The van der Waals surface area contributed by atoms with E-state index in [1.54, 1.807) is 31.2 Å². The van der Waals surface area contributed by atoms with Gasteiger partial charge in [-0.3, -0.25) is 9.69 Å². The van der Waals surface area contributed by atoms with E-state index in [1.807, 2.05) is 6.92 Å². The highest BCUT2D eigenvalue weighted by Crippen LogP contribution is 2.38. The van der Waals surface area contributed by atoms with Gasteiger partial charge in [-0.1, -0.05) is 0 Å². The van der Waals surface area contributed by atoms with Crippen LogP contribution in [0.1, 0.15) is 48.5 Å². The molecular weight excluding hydrogens is 416 g/mol. The second kappa shape index (κ2) is 10.6. The summed E-state index contributed by atoms with van der Waals surface area (Å²) < 4.78 is 16.3. The molecule has 1 N–H and O–H groups in total. The van der Waals surface area contributed by atoms with E-state index in [-0.39, 0.29) is 25.1 Å². The molecule has 0 unspecified atom stereocenters. The van der Waals surface area contributed by atoms with Crippen molar-refractivity contribution >= 4 is 28.2 Å². The first-order valence-corrected chi connectivity index (χ1v) is 11.5. The van der Waals surface area contributed by atoms with Crippen molar-refractivity contribution in [3.05, 3.63) is 40.3 Å². The van der Waals surface area contributed by atoms with Gasteiger partial charge in [0.1, 0.15) is 16.5 Å². The van der Waals surface area contributed by atoms with Crippen LogP contribution >= 0.6 is 11.3 Å². The molecule has 0 saturated carbocycles. The van der Waals surface area contributed by atoms with Gasteiger partial charge in [0.15, 0.2) is 6.61 Å². The first kappa shape index (κ1) is 23.1. The number of hydrogen-bond acceptors (Lipinski definition) is 7. The summed E-state index contributed by atoms with van der Waals surface area (Å²) in [7, 11) is 0. The average molecular weight is 447 g/mol. The molecule has 2 aromatic rings. The van der Waals surface area contributed by atoms with E-state index >= 15 is 0 Å². The molecular formula is C23H30N2O5S. The Morgan fingerprint density at radius 2 is 1.77 bits per heavy atom. The molecule has 0 aliphatic carbocycles. The van der Waals surface area contributed by atoms with Crippen molar-refractivity contribution in [2.75, 3.05) is 31.7 Å². The van der Waals surface area contributed by atoms with E-state index in [0.717, 1.165) is 35.7 Å². The molecule has 1 aromatic carbocycles. The lowest BCUT2D eigenvalue weighted by molar-refractivity contribution is -0.118. The normalized spacial score (nSPS) is 13.6. The first-order chi connectivity index (χ1) is 14.9. The summed E-state index contributed by atoms with van der Waals surface area (Å²) in [4.78, 5) is 28.7. The zero-order valence-electron chi connectivity index (χ0n) is 18.5. The monoisotopic (exact) mass is 446 g/mol. The quantitative estimate of drug-likeness (QED) is 0.584. The zero-order valence-corrected chi connectivity index (χ0v) is 19.3. The molecule has 1 amide bonds. The Morgan fingerprint density at radius 1 is 1.10 bits per heavy atom. The van der Waals surface area contributed by atoms with Gasteiger partial charge in [-0.2, -0.15) is 0 Å². The maximum atomic E-state index is 12.6. The summed E-state index contributed by atoms with van der Waals surface area (Å²) in [6, 6.07) is 7.52. The number of rotatable bonds is 9. The van der Waals surface area contributed by atoms with Gasteiger partial charge in [-0.15, -0.1) is 11.3 Å². The van der Waals surface area contributed by atoms with E-state index in [9.17, 15) is 9.59 Å². The molecule has 0 spiro atoms. The van der Waals surface area contributed by atoms with Crippen LogP contribution in [-0.4, -0.2) is 49.2 Å². The van der Waals surface area contributed by atoms with E-state index in [4.69, 9.17) is 14.2 Å². The maximum Gasteiger partial charge on any atom is 0.341 e. The minimum absolute atomic E-state index is 0.156. The number of nitrogens with zero attached hydrogens (tertiary/aromatic N) is 1. The Bertz CT molecular complexity index is 907. The first-order valence-electron chi connectivity index (χ1n) is 10.6. The Hall–Kier alpha value is -2.58. The third-order valence-electron chi connectivity index (χ3n) is 5.05. The fourth-order valence-electron chi connectivity index (χ4n) is 3.48. The highest BCUT2D eigenvalue weighted by molar-refractivity contribution is 7.17. The van der Waals surface area contributed by atoms with Gasteiger partial charge in [0, 0.05) is 24.0 Å². The van der Waals surface area contributed by atoms with Crippen molar-refractivity contribution in [1.29, 1.82) is 0 Å². The number of carbonyl (C=O) groups is 2. The lowest BCUT2D eigenvalue weighted by atomic mass is 10.0. The molecule has 1 aliphatic heterocycles. The number of ether oxygens (including phenoxy) is 3. The predicted molar refractivity (Wildman–Crippen MR) is 121 cm³/mol. The molecule has 8 heteroatoms. The Morgan fingerprint density at radius 3 is 2.39 bits per heavy atom. The number of anilines is 1. The molecule has 0 fully saturated rings. The summed E-state index contributed by atoms with van der Waals surface area (Å²) in [5.74, 6) is 0.611. The van der Waals surface area contributed by atoms with Crippen molar-refractivity contribution in [2.45, 2.75) is 46.7 Å². The van der Waals surface area contributed by atoms with E-state index in [1.165, 1.54) is 11.3 Å². The predicted octanol–water partition coefficient (Wildman–Crippen LogP) is 4.11. The van der Waals surface area contributed by atoms with Gasteiger partial charge < -0.3 is 19.5 Å². The topological polar surface area (TPSA) is 77.1 Å². The van der Waals surface area contributed by atoms with Gasteiger partial charge in [0.2, 0.25) is 0 Å². The summed E-state index contributed by atoms with van der Waals surface area (Å²) in [6.07, 6.45) is 0.761.